The molecule has 0 unspecified atom stereocenters. The quantitative estimate of drug-likeness (QED) is 0.429. The van der Waals surface area contributed by atoms with Crippen LogP contribution in [0.3, 0.4) is 0 Å². The van der Waals surface area contributed by atoms with Crippen LogP contribution in [0.2, 0.25) is 11.0 Å². The molecule has 0 bridgehead atoms. The Labute approximate surface area is 220 Å². The van der Waals surface area contributed by atoms with Crippen LogP contribution in [0.5, 0.6) is 0 Å². The van der Waals surface area contributed by atoms with Crippen molar-refractivity contribution >= 4 is 18.7 Å². The molecule has 0 spiro atoms. The van der Waals surface area contributed by atoms with Gasteiger partial charge in [-0.2, -0.15) is 10.5 Å². The molecule has 6 rings (SSSR count). The summed E-state index contributed by atoms with van der Waals surface area (Å²) in [5.74, 6) is 1.38. The number of rotatable bonds is 4. The Morgan fingerprint density at radius 3 is 1.68 bits per heavy atom. The van der Waals surface area contributed by atoms with Gasteiger partial charge in [0, 0.05) is 55.6 Å². The van der Waals surface area contributed by atoms with Crippen molar-refractivity contribution in [3.8, 4) is 12.1 Å². The molecule has 3 aliphatic rings. The first kappa shape index (κ1) is 28.0. The first-order valence-corrected chi connectivity index (χ1v) is 12.3. The summed E-state index contributed by atoms with van der Waals surface area (Å²) >= 11 is 5.43. The molecule has 0 radical (unpaired) electrons. The van der Waals surface area contributed by atoms with E-state index in [-0.39, 0.29) is 16.7 Å². The highest BCUT2D eigenvalue weighted by atomic mass is 35.5. The van der Waals surface area contributed by atoms with Gasteiger partial charge in [0.25, 0.3) is 0 Å². The number of nitriles is 2. The highest BCUT2D eigenvalue weighted by Crippen LogP contribution is 2.40. The SMILES string of the molecule is N#Cc1nccnc1C1CC1.N#Cc1nccnc1Cl.NCc1nccnc1C1CC1.OB(O)C1CC1. The van der Waals surface area contributed by atoms with Crippen molar-refractivity contribution in [3.05, 3.63) is 70.8 Å². The lowest BCUT2D eigenvalue weighted by molar-refractivity contribution is 0.403. The molecule has 0 amide bonds. The molecule has 3 aromatic heterocycles. The Kier molecular flexibility index (Phi) is 10.8. The fraction of sp³-hybridized carbons (Fsp3) is 0.417. The van der Waals surface area contributed by atoms with E-state index in [1.165, 1.54) is 25.2 Å². The van der Waals surface area contributed by atoms with Gasteiger partial charge in [-0.1, -0.05) is 24.4 Å². The zero-order chi connectivity index (χ0) is 26.6. The molecule has 11 nitrogen and oxygen atoms in total. The molecule has 3 heterocycles. The molecule has 13 heteroatoms. The zero-order valence-corrected chi connectivity index (χ0v) is 20.9. The van der Waals surface area contributed by atoms with Crippen LogP contribution >= 0.6 is 11.6 Å². The van der Waals surface area contributed by atoms with Crippen molar-refractivity contribution in [2.45, 2.75) is 62.7 Å². The van der Waals surface area contributed by atoms with Gasteiger partial charge in [-0.15, -0.1) is 0 Å². The minimum Gasteiger partial charge on any atom is -0.427 e. The molecule has 0 saturated heterocycles. The molecule has 0 atom stereocenters. The van der Waals surface area contributed by atoms with Crippen molar-refractivity contribution in [2.24, 2.45) is 5.73 Å². The molecular weight excluding hydrogens is 493 g/mol. The fourth-order valence-corrected chi connectivity index (χ4v) is 3.26. The van der Waals surface area contributed by atoms with Crippen LogP contribution in [0.4, 0.5) is 0 Å². The molecule has 0 aromatic carbocycles. The Bertz CT molecular complexity index is 1240. The molecule has 4 N–H and O–H groups in total. The van der Waals surface area contributed by atoms with E-state index in [0.717, 1.165) is 42.8 Å². The topological polar surface area (TPSA) is 191 Å². The molecule has 3 saturated carbocycles. The maximum atomic E-state index is 8.64. The van der Waals surface area contributed by atoms with Crippen LogP contribution in [0, 0.1) is 22.7 Å². The number of nitrogens with two attached hydrogens (primary N) is 1. The molecular formula is C24H27BClN9O2. The Morgan fingerprint density at radius 1 is 0.757 bits per heavy atom. The summed E-state index contributed by atoms with van der Waals surface area (Å²) in [6.45, 7) is 0.514. The lowest BCUT2D eigenvalue weighted by atomic mass is 9.84. The number of aromatic nitrogens is 6. The first-order valence-electron chi connectivity index (χ1n) is 11.9. The van der Waals surface area contributed by atoms with E-state index < -0.39 is 7.12 Å². The largest absolute Gasteiger partial charge is 0.454 e. The van der Waals surface area contributed by atoms with E-state index >= 15 is 0 Å². The molecule has 3 aromatic rings. The summed E-state index contributed by atoms with van der Waals surface area (Å²) in [7, 11) is -1.04. The number of hydrogen-bond donors (Lipinski definition) is 3. The number of nitrogens with zero attached hydrogens (tertiary/aromatic N) is 8. The smallest absolute Gasteiger partial charge is 0.427 e. The summed E-state index contributed by atoms with van der Waals surface area (Å²) in [5, 5.41) is 33.6. The summed E-state index contributed by atoms with van der Waals surface area (Å²) in [6.07, 6.45) is 16.3. The van der Waals surface area contributed by atoms with E-state index in [4.69, 9.17) is 37.9 Å². The van der Waals surface area contributed by atoms with Crippen molar-refractivity contribution < 1.29 is 10.0 Å². The van der Waals surface area contributed by atoms with Crippen molar-refractivity contribution in [1.29, 1.82) is 10.5 Å². The third-order valence-corrected chi connectivity index (χ3v) is 5.84. The van der Waals surface area contributed by atoms with Crippen molar-refractivity contribution in [1.82, 2.24) is 29.9 Å². The number of halogens is 1. The second-order valence-corrected chi connectivity index (χ2v) is 8.96. The Morgan fingerprint density at radius 2 is 1.24 bits per heavy atom. The third-order valence-electron chi connectivity index (χ3n) is 5.56. The van der Waals surface area contributed by atoms with Crippen LogP contribution < -0.4 is 5.73 Å². The van der Waals surface area contributed by atoms with Crippen molar-refractivity contribution in [2.75, 3.05) is 0 Å². The maximum Gasteiger partial charge on any atom is 0.454 e. The number of hydrogen-bond acceptors (Lipinski definition) is 11. The zero-order valence-electron chi connectivity index (χ0n) is 20.2. The van der Waals surface area contributed by atoms with Crippen LogP contribution in [0.1, 0.15) is 78.8 Å². The standard InChI is InChI=1S/C8H11N3.C8H7N3.C5H2ClN3.C3H7BO2/c2*9-5-7-8(6-1-2-6)11-4-3-10-7;6-5-4(3-7)8-1-2-9-5;5-4(6)3-1-2-3/h3-4,6H,1-2,5,9H2;3-4,6H,1-2H2;1-2H;3,5-6H,1-2H2. The van der Waals surface area contributed by atoms with Crippen LogP contribution in [0.25, 0.3) is 0 Å². The monoisotopic (exact) mass is 519 g/mol. The highest BCUT2D eigenvalue weighted by molar-refractivity contribution is 6.44. The van der Waals surface area contributed by atoms with Gasteiger partial charge in [-0.25, -0.2) is 15.0 Å². The third kappa shape index (κ3) is 9.44. The minimum atomic E-state index is -1.04. The van der Waals surface area contributed by atoms with Crippen molar-refractivity contribution in [3.63, 3.8) is 0 Å². The molecule has 0 aliphatic heterocycles. The summed E-state index contributed by atoms with van der Waals surface area (Å²) < 4.78 is 0. The Hall–Kier alpha value is -3.55. The van der Waals surface area contributed by atoms with Gasteiger partial charge in [-0.05, 0) is 31.5 Å². The fourth-order valence-electron chi connectivity index (χ4n) is 3.11. The van der Waals surface area contributed by atoms with E-state index in [1.807, 2.05) is 6.07 Å². The van der Waals surface area contributed by atoms with E-state index in [0.29, 0.717) is 24.1 Å². The molecule has 3 aliphatic carbocycles. The van der Waals surface area contributed by atoms with E-state index in [2.05, 4.69) is 29.9 Å². The van der Waals surface area contributed by atoms with Gasteiger partial charge in [0.2, 0.25) is 0 Å². The predicted molar refractivity (Wildman–Crippen MR) is 136 cm³/mol. The van der Waals surface area contributed by atoms with Crippen LogP contribution in [0.15, 0.2) is 37.2 Å². The lowest BCUT2D eigenvalue weighted by Gasteiger charge is -2.01. The average molecular weight is 520 g/mol. The second-order valence-electron chi connectivity index (χ2n) is 8.60. The summed E-state index contributed by atoms with van der Waals surface area (Å²) in [5.41, 5.74) is 9.15. The molecule has 3 fully saturated rings. The minimum absolute atomic E-state index is 0.153. The van der Waals surface area contributed by atoms with Gasteiger partial charge >= 0.3 is 7.12 Å². The van der Waals surface area contributed by atoms with E-state index in [1.54, 1.807) is 30.9 Å². The van der Waals surface area contributed by atoms with Crippen LogP contribution in [-0.2, 0) is 6.54 Å². The predicted octanol–water partition coefficient (Wildman–Crippen LogP) is 2.66. The molecule has 190 valence electrons. The summed E-state index contributed by atoms with van der Waals surface area (Å²) in [4.78, 5) is 23.8. The first-order chi connectivity index (χ1) is 18.0. The van der Waals surface area contributed by atoms with Gasteiger partial charge in [0.15, 0.2) is 16.5 Å². The summed E-state index contributed by atoms with van der Waals surface area (Å²) in [6, 6.07) is 3.83. The lowest BCUT2D eigenvalue weighted by Crippen LogP contribution is -2.09. The second kappa shape index (κ2) is 14.3. The van der Waals surface area contributed by atoms with Crippen LogP contribution in [-0.4, -0.2) is 47.1 Å². The normalized spacial score (nSPS) is 15.2. The average Bonchev–Trinajstić information content (AvgIpc) is 3.79. The maximum absolute atomic E-state index is 8.64. The van der Waals surface area contributed by atoms with Gasteiger partial charge in [-0.3, -0.25) is 15.0 Å². The molecule has 37 heavy (non-hydrogen) atoms. The van der Waals surface area contributed by atoms with Gasteiger partial charge in [0.05, 0.1) is 17.1 Å². The highest BCUT2D eigenvalue weighted by Gasteiger charge is 2.33. The van der Waals surface area contributed by atoms with Gasteiger partial charge in [0.1, 0.15) is 12.1 Å². The van der Waals surface area contributed by atoms with E-state index in [9.17, 15) is 0 Å². The van der Waals surface area contributed by atoms with Gasteiger partial charge < -0.3 is 15.8 Å². The Balaban J connectivity index is 0.000000140.